The van der Waals surface area contributed by atoms with Crippen LogP contribution in [0.4, 0.5) is 11.6 Å². The Balaban J connectivity index is 1.50. The standard InChI is InChI=1S/C12H19N5/c13-11-12(15-5-4-14-11)16-7-9-3-6-17(8-9)10-1-2-10/h4-5,9-10H,1-3,6-8H2,(H2,13,14)(H,15,16). The zero-order valence-corrected chi connectivity index (χ0v) is 9.97. The lowest BCUT2D eigenvalue weighted by Crippen LogP contribution is -2.25. The molecule has 2 aliphatic rings. The molecule has 5 heteroatoms. The fourth-order valence-electron chi connectivity index (χ4n) is 2.53. The van der Waals surface area contributed by atoms with Gasteiger partial charge in [0.25, 0.3) is 0 Å². The van der Waals surface area contributed by atoms with Crippen LogP contribution in [0, 0.1) is 5.92 Å². The van der Waals surface area contributed by atoms with Gasteiger partial charge in [0.2, 0.25) is 0 Å². The zero-order valence-electron chi connectivity index (χ0n) is 9.97. The first-order chi connectivity index (χ1) is 8.33. The van der Waals surface area contributed by atoms with E-state index in [1.807, 2.05) is 0 Å². The van der Waals surface area contributed by atoms with Gasteiger partial charge in [-0.2, -0.15) is 0 Å². The third-order valence-electron chi connectivity index (χ3n) is 3.67. The third kappa shape index (κ3) is 2.49. The van der Waals surface area contributed by atoms with Gasteiger partial charge in [0, 0.05) is 31.5 Å². The summed E-state index contributed by atoms with van der Waals surface area (Å²) >= 11 is 0. The van der Waals surface area contributed by atoms with E-state index in [0.29, 0.717) is 5.82 Å². The molecule has 1 saturated carbocycles. The Kier molecular flexibility index (Phi) is 2.84. The summed E-state index contributed by atoms with van der Waals surface area (Å²) in [5, 5.41) is 3.31. The monoisotopic (exact) mass is 233 g/mol. The summed E-state index contributed by atoms with van der Waals surface area (Å²) in [5.41, 5.74) is 5.74. The van der Waals surface area contributed by atoms with Crippen molar-refractivity contribution >= 4 is 11.6 Å². The topological polar surface area (TPSA) is 67.1 Å². The van der Waals surface area contributed by atoms with Crippen molar-refractivity contribution in [2.24, 2.45) is 5.92 Å². The molecule has 3 N–H and O–H groups in total. The van der Waals surface area contributed by atoms with Crippen molar-refractivity contribution in [2.45, 2.75) is 25.3 Å². The summed E-state index contributed by atoms with van der Waals surface area (Å²) < 4.78 is 0. The molecule has 2 heterocycles. The predicted octanol–water partition coefficient (Wildman–Crippen LogP) is 0.955. The smallest absolute Gasteiger partial charge is 0.168 e. The van der Waals surface area contributed by atoms with E-state index in [-0.39, 0.29) is 0 Å². The number of nitrogens with one attached hydrogen (secondary N) is 1. The van der Waals surface area contributed by atoms with E-state index in [0.717, 1.165) is 24.3 Å². The van der Waals surface area contributed by atoms with Crippen molar-refractivity contribution in [1.29, 1.82) is 0 Å². The first-order valence-electron chi connectivity index (χ1n) is 6.37. The number of likely N-dealkylation sites (tertiary alicyclic amines) is 1. The van der Waals surface area contributed by atoms with E-state index in [2.05, 4.69) is 20.2 Å². The van der Waals surface area contributed by atoms with Crippen molar-refractivity contribution in [1.82, 2.24) is 14.9 Å². The highest BCUT2D eigenvalue weighted by Crippen LogP contribution is 2.31. The second kappa shape index (κ2) is 4.49. The van der Waals surface area contributed by atoms with Gasteiger partial charge in [-0.3, -0.25) is 0 Å². The van der Waals surface area contributed by atoms with E-state index in [9.17, 15) is 0 Å². The molecule has 0 spiro atoms. The molecule has 17 heavy (non-hydrogen) atoms. The van der Waals surface area contributed by atoms with Gasteiger partial charge in [-0.25, -0.2) is 9.97 Å². The number of nitrogen functional groups attached to an aromatic ring is 1. The van der Waals surface area contributed by atoms with Crippen LogP contribution in [-0.2, 0) is 0 Å². The van der Waals surface area contributed by atoms with Crippen LogP contribution < -0.4 is 11.1 Å². The highest BCUT2D eigenvalue weighted by Gasteiger charge is 2.34. The Morgan fingerprint density at radius 3 is 2.88 bits per heavy atom. The van der Waals surface area contributed by atoms with Gasteiger partial charge in [-0.1, -0.05) is 0 Å². The van der Waals surface area contributed by atoms with Crippen LogP contribution in [0.3, 0.4) is 0 Å². The molecule has 1 aliphatic carbocycles. The van der Waals surface area contributed by atoms with Gasteiger partial charge >= 0.3 is 0 Å². The van der Waals surface area contributed by atoms with Crippen LogP contribution in [0.15, 0.2) is 12.4 Å². The van der Waals surface area contributed by atoms with Gasteiger partial charge in [0.1, 0.15) is 0 Å². The third-order valence-corrected chi connectivity index (χ3v) is 3.67. The van der Waals surface area contributed by atoms with Gasteiger partial charge < -0.3 is 16.0 Å². The first-order valence-corrected chi connectivity index (χ1v) is 6.37. The molecular weight excluding hydrogens is 214 g/mol. The second-order valence-corrected chi connectivity index (χ2v) is 5.05. The average Bonchev–Trinajstić information content (AvgIpc) is 3.08. The van der Waals surface area contributed by atoms with E-state index >= 15 is 0 Å². The lowest BCUT2D eigenvalue weighted by Gasteiger charge is -2.15. The lowest BCUT2D eigenvalue weighted by molar-refractivity contribution is 0.316. The Bertz CT molecular complexity index is 390. The van der Waals surface area contributed by atoms with E-state index in [4.69, 9.17) is 5.73 Å². The second-order valence-electron chi connectivity index (χ2n) is 5.05. The minimum atomic E-state index is 0.490. The highest BCUT2D eigenvalue weighted by atomic mass is 15.2. The van der Waals surface area contributed by atoms with E-state index in [1.165, 1.54) is 32.4 Å². The van der Waals surface area contributed by atoms with Crippen molar-refractivity contribution in [3.05, 3.63) is 12.4 Å². The van der Waals surface area contributed by atoms with Gasteiger partial charge in [0.15, 0.2) is 11.6 Å². The molecule has 0 amide bonds. The molecule has 1 unspecified atom stereocenters. The van der Waals surface area contributed by atoms with E-state index in [1.54, 1.807) is 12.4 Å². The SMILES string of the molecule is Nc1nccnc1NCC1CCN(C2CC2)C1. The number of hydrogen-bond donors (Lipinski definition) is 2. The van der Waals surface area contributed by atoms with Crippen molar-refractivity contribution in [3.8, 4) is 0 Å². The van der Waals surface area contributed by atoms with Crippen LogP contribution >= 0.6 is 0 Å². The Morgan fingerprint density at radius 1 is 1.29 bits per heavy atom. The predicted molar refractivity (Wildman–Crippen MR) is 67.6 cm³/mol. The molecule has 1 saturated heterocycles. The molecule has 2 fully saturated rings. The van der Waals surface area contributed by atoms with Crippen molar-refractivity contribution in [2.75, 3.05) is 30.7 Å². The quantitative estimate of drug-likeness (QED) is 0.810. The summed E-state index contributed by atoms with van der Waals surface area (Å²) in [4.78, 5) is 10.8. The van der Waals surface area contributed by atoms with E-state index < -0.39 is 0 Å². The number of nitrogens with two attached hydrogens (primary N) is 1. The number of hydrogen-bond acceptors (Lipinski definition) is 5. The van der Waals surface area contributed by atoms with Crippen LogP contribution in [0.1, 0.15) is 19.3 Å². The lowest BCUT2D eigenvalue weighted by atomic mass is 10.1. The maximum Gasteiger partial charge on any atom is 0.168 e. The summed E-state index contributed by atoms with van der Waals surface area (Å²) in [5.74, 6) is 1.93. The molecule has 1 aromatic heterocycles. The molecule has 1 aromatic rings. The Labute approximate surface area is 101 Å². The maximum atomic E-state index is 5.74. The molecule has 0 bridgehead atoms. The number of rotatable bonds is 4. The summed E-state index contributed by atoms with van der Waals surface area (Å²) in [7, 11) is 0. The van der Waals surface area contributed by atoms with Crippen LogP contribution in [0.2, 0.25) is 0 Å². The minimum absolute atomic E-state index is 0.490. The molecule has 1 aliphatic heterocycles. The van der Waals surface area contributed by atoms with Gasteiger partial charge in [-0.05, 0) is 31.7 Å². The minimum Gasteiger partial charge on any atom is -0.381 e. The summed E-state index contributed by atoms with van der Waals surface area (Å²) in [6, 6.07) is 0.890. The highest BCUT2D eigenvalue weighted by molar-refractivity contribution is 5.54. The van der Waals surface area contributed by atoms with Gasteiger partial charge in [0.05, 0.1) is 0 Å². The molecule has 1 atom stereocenters. The summed E-state index contributed by atoms with van der Waals surface area (Å²) in [6.45, 7) is 3.43. The molecule has 0 aromatic carbocycles. The molecular formula is C12H19N5. The molecule has 3 rings (SSSR count). The summed E-state index contributed by atoms with van der Waals surface area (Å²) in [6.07, 6.45) is 7.37. The van der Waals surface area contributed by atoms with Crippen LogP contribution in [-0.4, -0.2) is 40.5 Å². The van der Waals surface area contributed by atoms with Gasteiger partial charge in [-0.15, -0.1) is 0 Å². The molecule has 92 valence electrons. The molecule has 5 nitrogen and oxygen atoms in total. The van der Waals surface area contributed by atoms with Crippen molar-refractivity contribution in [3.63, 3.8) is 0 Å². The number of aromatic nitrogens is 2. The number of nitrogens with zero attached hydrogens (tertiary/aromatic N) is 3. The fraction of sp³-hybridized carbons (Fsp3) is 0.667. The maximum absolute atomic E-state index is 5.74. The Morgan fingerprint density at radius 2 is 2.12 bits per heavy atom. The zero-order chi connectivity index (χ0) is 11.7. The first kappa shape index (κ1) is 10.8. The van der Waals surface area contributed by atoms with Crippen LogP contribution in [0.25, 0.3) is 0 Å². The average molecular weight is 233 g/mol. The van der Waals surface area contributed by atoms with Crippen molar-refractivity contribution < 1.29 is 0 Å². The fourth-order valence-corrected chi connectivity index (χ4v) is 2.53. The molecule has 0 radical (unpaired) electrons. The Hall–Kier alpha value is -1.36. The largest absolute Gasteiger partial charge is 0.381 e. The van der Waals surface area contributed by atoms with Crippen LogP contribution in [0.5, 0.6) is 0 Å². The normalized spacial score (nSPS) is 25.1. The number of anilines is 2.